The minimum atomic E-state index is -0.235. The lowest BCUT2D eigenvalue weighted by Crippen LogP contribution is -2.25. The molecule has 1 heterocycles. The summed E-state index contributed by atoms with van der Waals surface area (Å²) in [4.78, 5) is 12.4. The lowest BCUT2D eigenvalue weighted by molar-refractivity contribution is -0.119. The van der Waals surface area contributed by atoms with E-state index in [1.54, 1.807) is 25.3 Å². The lowest BCUT2D eigenvalue weighted by atomic mass is 10.1. The number of carbonyl (C=O) groups excluding carboxylic acids is 1. The van der Waals surface area contributed by atoms with Crippen LogP contribution in [-0.2, 0) is 11.3 Å². The van der Waals surface area contributed by atoms with E-state index < -0.39 is 0 Å². The van der Waals surface area contributed by atoms with Gasteiger partial charge in [-0.1, -0.05) is 18.5 Å². The maximum absolute atomic E-state index is 12.4. The van der Waals surface area contributed by atoms with Crippen molar-refractivity contribution >= 4 is 23.2 Å². The van der Waals surface area contributed by atoms with Crippen molar-refractivity contribution in [2.45, 2.75) is 27.3 Å². The van der Waals surface area contributed by atoms with Crippen molar-refractivity contribution in [2.75, 3.05) is 12.4 Å². The zero-order chi connectivity index (χ0) is 16.3. The predicted octanol–water partition coefficient (Wildman–Crippen LogP) is 3.44. The summed E-state index contributed by atoms with van der Waals surface area (Å²) in [7, 11) is 1.55. The van der Waals surface area contributed by atoms with Crippen LogP contribution in [0.15, 0.2) is 24.3 Å². The number of nitrogens with one attached hydrogen (secondary N) is 1. The maximum atomic E-state index is 12.4. The number of carbonyl (C=O) groups is 1. The van der Waals surface area contributed by atoms with Gasteiger partial charge in [-0.3, -0.25) is 9.48 Å². The third-order valence-corrected chi connectivity index (χ3v) is 3.65. The molecule has 1 aromatic heterocycles. The number of hydrogen-bond donors (Lipinski definition) is 1. The van der Waals surface area contributed by atoms with E-state index in [9.17, 15) is 4.79 Å². The van der Waals surface area contributed by atoms with Gasteiger partial charge in [-0.2, -0.15) is 5.10 Å². The van der Waals surface area contributed by atoms with Crippen molar-refractivity contribution in [3.05, 3.63) is 40.7 Å². The topological polar surface area (TPSA) is 56.1 Å². The molecule has 0 aliphatic heterocycles. The van der Waals surface area contributed by atoms with Gasteiger partial charge in [0.05, 0.1) is 31.0 Å². The monoisotopic (exact) mass is 321 g/mol. The Morgan fingerprint density at radius 2 is 2.14 bits per heavy atom. The van der Waals surface area contributed by atoms with E-state index in [0.717, 1.165) is 11.4 Å². The Kier molecular flexibility index (Phi) is 5.08. The molecule has 0 aliphatic carbocycles. The van der Waals surface area contributed by atoms with Crippen molar-refractivity contribution in [3.8, 4) is 5.75 Å². The first-order chi connectivity index (χ1) is 10.4. The summed E-state index contributed by atoms with van der Waals surface area (Å²) in [6.07, 6.45) is 0. The van der Waals surface area contributed by atoms with Gasteiger partial charge >= 0.3 is 0 Å². The first kappa shape index (κ1) is 16.4. The number of rotatable bonds is 5. The number of amides is 1. The van der Waals surface area contributed by atoms with Gasteiger partial charge in [0.2, 0.25) is 5.91 Å². The number of ether oxygens (including phenoxy) is 1. The first-order valence-corrected chi connectivity index (χ1v) is 7.44. The molecule has 1 aromatic carbocycles. The summed E-state index contributed by atoms with van der Waals surface area (Å²) in [6, 6.07) is 7.11. The standard InChI is InChI=1S/C16H20ClN3O2/c1-10(9-20-12(3)7-11(2)19-20)16(21)18-14-8-13(17)5-6-15(14)22-4/h5-8,10H,9H2,1-4H3,(H,18,21)/t10-/m0/s1. The molecule has 22 heavy (non-hydrogen) atoms. The van der Waals surface area contributed by atoms with Gasteiger partial charge in [-0.25, -0.2) is 0 Å². The zero-order valence-electron chi connectivity index (χ0n) is 13.2. The van der Waals surface area contributed by atoms with Crippen LogP contribution >= 0.6 is 11.6 Å². The molecule has 0 unspecified atom stereocenters. The highest BCUT2D eigenvalue weighted by molar-refractivity contribution is 6.31. The van der Waals surface area contributed by atoms with E-state index in [2.05, 4.69) is 10.4 Å². The largest absolute Gasteiger partial charge is 0.495 e. The Labute approximate surface area is 135 Å². The highest BCUT2D eigenvalue weighted by Gasteiger charge is 2.17. The van der Waals surface area contributed by atoms with Crippen LogP contribution in [-0.4, -0.2) is 22.8 Å². The smallest absolute Gasteiger partial charge is 0.229 e. The second-order valence-corrected chi connectivity index (χ2v) is 5.78. The van der Waals surface area contributed by atoms with Crippen molar-refractivity contribution in [2.24, 2.45) is 5.92 Å². The first-order valence-electron chi connectivity index (χ1n) is 7.06. The molecule has 1 amide bonds. The van der Waals surface area contributed by atoms with Gasteiger partial charge in [0.15, 0.2) is 0 Å². The van der Waals surface area contributed by atoms with E-state index in [1.807, 2.05) is 31.5 Å². The van der Waals surface area contributed by atoms with Crippen LogP contribution in [0.5, 0.6) is 5.75 Å². The van der Waals surface area contributed by atoms with Crippen molar-refractivity contribution in [1.82, 2.24) is 9.78 Å². The molecule has 1 atom stereocenters. The Balaban J connectivity index is 2.08. The van der Waals surface area contributed by atoms with Crippen molar-refractivity contribution in [1.29, 1.82) is 0 Å². The molecule has 1 N–H and O–H groups in total. The molecule has 0 spiro atoms. The molecule has 118 valence electrons. The average molecular weight is 322 g/mol. The summed E-state index contributed by atoms with van der Waals surface area (Å²) in [5.74, 6) is 0.242. The van der Waals surface area contributed by atoms with E-state index >= 15 is 0 Å². The molecular weight excluding hydrogens is 302 g/mol. The fourth-order valence-electron chi connectivity index (χ4n) is 2.24. The molecule has 0 saturated carbocycles. The third-order valence-electron chi connectivity index (χ3n) is 3.42. The van der Waals surface area contributed by atoms with Crippen LogP contribution in [0, 0.1) is 19.8 Å². The molecule has 0 aliphatic rings. The van der Waals surface area contributed by atoms with Crippen LogP contribution in [0.25, 0.3) is 0 Å². The van der Waals surface area contributed by atoms with Gasteiger partial charge in [0.25, 0.3) is 0 Å². The highest BCUT2D eigenvalue weighted by Crippen LogP contribution is 2.28. The number of halogens is 1. The quantitative estimate of drug-likeness (QED) is 0.917. The SMILES string of the molecule is COc1ccc(Cl)cc1NC(=O)[C@@H](C)Cn1nc(C)cc1C. The summed E-state index contributed by atoms with van der Waals surface area (Å²) in [5, 5.41) is 7.78. The van der Waals surface area contributed by atoms with E-state index in [0.29, 0.717) is 23.0 Å². The third kappa shape index (κ3) is 3.80. The second kappa shape index (κ2) is 6.83. The summed E-state index contributed by atoms with van der Waals surface area (Å²) in [6.45, 7) is 6.30. The molecule has 0 bridgehead atoms. The van der Waals surface area contributed by atoms with Crippen LogP contribution in [0.1, 0.15) is 18.3 Å². The summed E-state index contributed by atoms with van der Waals surface area (Å²) >= 11 is 5.97. The minimum Gasteiger partial charge on any atom is -0.495 e. The molecule has 5 nitrogen and oxygen atoms in total. The number of benzene rings is 1. The lowest BCUT2D eigenvalue weighted by Gasteiger charge is -2.15. The Morgan fingerprint density at radius 1 is 1.41 bits per heavy atom. The molecular formula is C16H20ClN3O2. The van der Waals surface area contributed by atoms with Gasteiger partial charge in [-0.15, -0.1) is 0 Å². The van der Waals surface area contributed by atoms with Gasteiger partial charge in [0, 0.05) is 10.7 Å². The fourth-order valence-corrected chi connectivity index (χ4v) is 2.41. The van der Waals surface area contributed by atoms with Crippen molar-refractivity contribution < 1.29 is 9.53 Å². The normalized spacial score (nSPS) is 12.0. The van der Waals surface area contributed by atoms with Crippen LogP contribution in [0.3, 0.4) is 0 Å². The minimum absolute atomic E-state index is 0.104. The second-order valence-electron chi connectivity index (χ2n) is 5.34. The van der Waals surface area contributed by atoms with Crippen molar-refractivity contribution in [3.63, 3.8) is 0 Å². The molecule has 2 aromatic rings. The van der Waals surface area contributed by atoms with Gasteiger partial charge in [-0.05, 0) is 38.1 Å². The van der Waals surface area contributed by atoms with Crippen LogP contribution in [0.2, 0.25) is 5.02 Å². The number of methoxy groups -OCH3 is 1. The van der Waals surface area contributed by atoms with E-state index in [4.69, 9.17) is 16.3 Å². The molecule has 6 heteroatoms. The highest BCUT2D eigenvalue weighted by atomic mass is 35.5. The van der Waals surface area contributed by atoms with Gasteiger partial charge < -0.3 is 10.1 Å². The number of aromatic nitrogens is 2. The fraction of sp³-hybridized carbons (Fsp3) is 0.375. The zero-order valence-corrected chi connectivity index (χ0v) is 13.9. The maximum Gasteiger partial charge on any atom is 0.229 e. The number of nitrogens with zero attached hydrogens (tertiary/aromatic N) is 2. The summed E-state index contributed by atoms with van der Waals surface area (Å²) in [5.41, 5.74) is 2.55. The predicted molar refractivity (Wildman–Crippen MR) is 87.5 cm³/mol. The van der Waals surface area contributed by atoms with Gasteiger partial charge in [0.1, 0.15) is 5.75 Å². The van der Waals surface area contributed by atoms with E-state index in [1.165, 1.54) is 0 Å². The Hall–Kier alpha value is -2.01. The van der Waals surface area contributed by atoms with Crippen LogP contribution in [0.4, 0.5) is 5.69 Å². The van der Waals surface area contributed by atoms with E-state index in [-0.39, 0.29) is 11.8 Å². The number of anilines is 1. The molecule has 0 radical (unpaired) electrons. The molecule has 0 fully saturated rings. The summed E-state index contributed by atoms with van der Waals surface area (Å²) < 4.78 is 7.07. The Bertz CT molecular complexity index is 682. The van der Waals surface area contributed by atoms with Crippen LogP contribution < -0.4 is 10.1 Å². The number of hydrogen-bond acceptors (Lipinski definition) is 3. The molecule has 0 saturated heterocycles. The number of aryl methyl sites for hydroxylation is 2. The molecule has 2 rings (SSSR count). The Morgan fingerprint density at radius 3 is 2.73 bits per heavy atom. The average Bonchev–Trinajstić information content (AvgIpc) is 2.77.